The van der Waals surface area contributed by atoms with Crippen molar-refractivity contribution < 1.29 is 14.6 Å². The van der Waals surface area contributed by atoms with Gasteiger partial charge in [0.05, 0.1) is 17.6 Å². The Morgan fingerprint density at radius 2 is 1.83 bits per heavy atom. The molecule has 0 saturated carbocycles. The van der Waals surface area contributed by atoms with Gasteiger partial charge in [0.2, 0.25) is 0 Å². The second-order valence-electron chi connectivity index (χ2n) is 6.16. The first kappa shape index (κ1) is 15.4. The predicted octanol–water partition coefficient (Wildman–Crippen LogP) is 2.38. The van der Waals surface area contributed by atoms with E-state index in [9.17, 15) is 4.79 Å². The molecule has 0 spiro atoms. The van der Waals surface area contributed by atoms with Crippen LogP contribution in [0.1, 0.15) is 47.0 Å². The highest BCUT2D eigenvalue weighted by Gasteiger charge is 2.26. The van der Waals surface area contributed by atoms with Gasteiger partial charge in [0, 0.05) is 13.1 Å². The van der Waals surface area contributed by atoms with Crippen LogP contribution in [0.15, 0.2) is 0 Å². The summed E-state index contributed by atoms with van der Waals surface area (Å²) in [6, 6.07) is 0. The molecule has 2 atom stereocenters. The van der Waals surface area contributed by atoms with Crippen LogP contribution in [0.25, 0.3) is 0 Å². The second kappa shape index (κ2) is 6.53. The largest absolute Gasteiger partial charge is 0.481 e. The summed E-state index contributed by atoms with van der Waals surface area (Å²) in [6.45, 7) is 10.8. The standard InChI is InChI=1S/C14H27NO3/c1-11-9-15(10-12(2)18-11)8-6-5-7-14(3,4)13(16)17/h11-12H,5-10H2,1-4H3,(H,16,17). The molecule has 0 aromatic heterocycles. The summed E-state index contributed by atoms with van der Waals surface area (Å²) >= 11 is 0. The normalized spacial score (nSPS) is 26.2. The maximum Gasteiger partial charge on any atom is 0.309 e. The minimum Gasteiger partial charge on any atom is -0.481 e. The van der Waals surface area contributed by atoms with Crippen molar-refractivity contribution >= 4 is 5.97 Å². The lowest BCUT2D eigenvalue weighted by Gasteiger charge is -2.35. The Labute approximate surface area is 110 Å². The summed E-state index contributed by atoms with van der Waals surface area (Å²) in [5.41, 5.74) is -0.592. The summed E-state index contributed by atoms with van der Waals surface area (Å²) in [5.74, 6) is -0.698. The molecule has 0 amide bonds. The van der Waals surface area contributed by atoms with Gasteiger partial charge in [-0.3, -0.25) is 9.69 Å². The molecule has 2 unspecified atom stereocenters. The highest BCUT2D eigenvalue weighted by molar-refractivity contribution is 5.73. The van der Waals surface area contributed by atoms with Gasteiger partial charge in [-0.1, -0.05) is 6.42 Å². The van der Waals surface area contributed by atoms with E-state index in [4.69, 9.17) is 9.84 Å². The lowest BCUT2D eigenvalue weighted by Crippen LogP contribution is -2.45. The molecule has 0 aromatic carbocycles. The molecule has 1 aliphatic rings. The Bertz CT molecular complexity index is 268. The molecular weight excluding hydrogens is 230 g/mol. The zero-order valence-corrected chi connectivity index (χ0v) is 12.1. The van der Waals surface area contributed by atoms with E-state index in [-0.39, 0.29) is 0 Å². The van der Waals surface area contributed by atoms with Crippen molar-refractivity contribution in [1.82, 2.24) is 4.90 Å². The third-order valence-electron chi connectivity index (χ3n) is 3.60. The highest BCUT2D eigenvalue weighted by Crippen LogP contribution is 2.23. The zero-order valence-electron chi connectivity index (χ0n) is 12.1. The number of rotatable bonds is 6. The molecular formula is C14H27NO3. The van der Waals surface area contributed by atoms with E-state index in [2.05, 4.69) is 18.7 Å². The molecule has 4 nitrogen and oxygen atoms in total. The van der Waals surface area contributed by atoms with E-state index < -0.39 is 11.4 Å². The van der Waals surface area contributed by atoms with Gasteiger partial charge in [-0.05, 0) is 47.1 Å². The van der Waals surface area contributed by atoms with Crippen molar-refractivity contribution in [3.8, 4) is 0 Å². The number of unbranched alkanes of at least 4 members (excludes halogenated alkanes) is 1. The average molecular weight is 257 g/mol. The van der Waals surface area contributed by atoms with Crippen molar-refractivity contribution in [1.29, 1.82) is 0 Å². The van der Waals surface area contributed by atoms with E-state index >= 15 is 0 Å². The topological polar surface area (TPSA) is 49.8 Å². The van der Waals surface area contributed by atoms with Crippen LogP contribution in [0, 0.1) is 5.41 Å². The first-order valence-corrected chi connectivity index (χ1v) is 6.92. The SMILES string of the molecule is CC1CN(CCCCC(C)(C)C(=O)O)CC(C)O1. The van der Waals surface area contributed by atoms with Gasteiger partial charge in [0.25, 0.3) is 0 Å². The van der Waals surface area contributed by atoms with Crippen LogP contribution in [0.4, 0.5) is 0 Å². The maximum absolute atomic E-state index is 11.0. The Kier molecular flexibility index (Phi) is 5.60. The number of carboxylic acid groups (broad SMARTS) is 1. The number of carbonyl (C=O) groups is 1. The molecule has 106 valence electrons. The molecule has 1 heterocycles. The zero-order chi connectivity index (χ0) is 13.8. The summed E-state index contributed by atoms with van der Waals surface area (Å²) < 4.78 is 5.69. The lowest BCUT2D eigenvalue weighted by molar-refractivity contribution is -0.147. The van der Waals surface area contributed by atoms with Crippen LogP contribution >= 0.6 is 0 Å². The van der Waals surface area contributed by atoms with Gasteiger partial charge in [0.15, 0.2) is 0 Å². The van der Waals surface area contributed by atoms with Gasteiger partial charge in [-0.25, -0.2) is 0 Å². The average Bonchev–Trinajstić information content (AvgIpc) is 2.23. The van der Waals surface area contributed by atoms with Crippen LogP contribution in [0.5, 0.6) is 0 Å². The molecule has 18 heavy (non-hydrogen) atoms. The van der Waals surface area contributed by atoms with Crippen LogP contribution < -0.4 is 0 Å². The first-order valence-electron chi connectivity index (χ1n) is 6.92. The summed E-state index contributed by atoms with van der Waals surface area (Å²) in [7, 11) is 0. The fourth-order valence-corrected chi connectivity index (χ4v) is 2.48. The van der Waals surface area contributed by atoms with E-state index in [1.807, 2.05) is 0 Å². The highest BCUT2D eigenvalue weighted by atomic mass is 16.5. The lowest BCUT2D eigenvalue weighted by atomic mass is 9.87. The second-order valence-corrected chi connectivity index (χ2v) is 6.16. The number of carboxylic acids is 1. The van der Waals surface area contributed by atoms with E-state index in [0.717, 1.165) is 38.9 Å². The Morgan fingerprint density at radius 3 is 2.33 bits per heavy atom. The summed E-state index contributed by atoms with van der Waals surface area (Å²) in [5, 5.41) is 9.03. The fourth-order valence-electron chi connectivity index (χ4n) is 2.48. The fraction of sp³-hybridized carbons (Fsp3) is 0.929. The first-order chi connectivity index (χ1) is 8.31. The quantitative estimate of drug-likeness (QED) is 0.742. The monoisotopic (exact) mass is 257 g/mol. The minimum atomic E-state index is -0.698. The Morgan fingerprint density at radius 1 is 1.28 bits per heavy atom. The maximum atomic E-state index is 11.0. The number of hydrogen-bond acceptors (Lipinski definition) is 3. The molecule has 0 aliphatic carbocycles. The molecule has 1 rings (SSSR count). The van der Waals surface area contributed by atoms with Gasteiger partial charge in [0.1, 0.15) is 0 Å². The molecule has 1 fully saturated rings. The van der Waals surface area contributed by atoms with E-state index in [1.54, 1.807) is 13.8 Å². The summed E-state index contributed by atoms with van der Waals surface area (Å²) in [4.78, 5) is 13.4. The van der Waals surface area contributed by atoms with Crippen LogP contribution in [0.2, 0.25) is 0 Å². The van der Waals surface area contributed by atoms with Crippen LogP contribution in [0.3, 0.4) is 0 Å². The third-order valence-corrected chi connectivity index (χ3v) is 3.60. The third kappa shape index (κ3) is 4.94. The molecule has 0 aromatic rings. The van der Waals surface area contributed by atoms with Gasteiger partial charge < -0.3 is 9.84 Å². The molecule has 1 aliphatic heterocycles. The Hall–Kier alpha value is -0.610. The van der Waals surface area contributed by atoms with Crippen LogP contribution in [-0.2, 0) is 9.53 Å². The van der Waals surface area contributed by atoms with Crippen molar-refractivity contribution in [2.24, 2.45) is 5.41 Å². The van der Waals surface area contributed by atoms with Gasteiger partial charge in [-0.2, -0.15) is 0 Å². The number of aliphatic carboxylic acids is 1. The predicted molar refractivity (Wildman–Crippen MR) is 71.7 cm³/mol. The van der Waals surface area contributed by atoms with Crippen molar-refractivity contribution in [3.05, 3.63) is 0 Å². The van der Waals surface area contributed by atoms with E-state index in [0.29, 0.717) is 12.2 Å². The van der Waals surface area contributed by atoms with Gasteiger partial charge in [-0.15, -0.1) is 0 Å². The summed E-state index contributed by atoms with van der Waals surface area (Å²) in [6.07, 6.45) is 3.40. The molecule has 1 saturated heterocycles. The number of hydrogen-bond donors (Lipinski definition) is 1. The smallest absolute Gasteiger partial charge is 0.309 e. The number of nitrogens with zero attached hydrogens (tertiary/aromatic N) is 1. The van der Waals surface area contributed by atoms with Crippen molar-refractivity contribution in [2.45, 2.75) is 59.2 Å². The molecule has 1 N–H and O–H groups in total. The minimum absolute atomic E-state index is 0.309. The number of ether oxygens (including phenoxy) is 1. The Balaban J connectivity index is 2.20. The van der Waals surface area contributed by atoms with Crippen molar-refractivity contribution in [3.63, 3.8) is 0 Å². The van der Waals surface area contributed by atoms with Crippen LogP contribution in [-0.4, -0.2) is 47.8 Å². The number of morpholine rings is 1. The molecule has 0 radical (unpaired) electrons. The van der Waals surface area contributed by atoms with Crippen molar-refractivity contribution in [2.75, 3.05) is 19.6 Å². The van der Waals surface area contributed by atoms with Gasteiger partial charge >= 0.3 is 5.97 Å². The molecule has 4 heteroatoms. The van der Waals surface area contributed by atoms with E-state index in [1.165, 1.54) is 0 Å². The molecule has 0 bridgehead atoms.